The number of hydrogen-bond donors (Lipinski definition) is 3. The van der Waals surface area contributed by atoms with Crippen LogP contribution in [0.2, 0.25) is 0 Å². The summed E-state index contributed by atoms with van der Waals surface area (Å²) in [4.78, 5) is 78.4. The van der Waals surface area contributed by atoms with Gasteiger partial charge in [0.2, 0.25) is 28.8 Å². The number of nitro benzene ring substituents is 1. The number of carboxylic acids is 1. The molecule has 20 nitrogen and oxygen atoms in total. The summed E-state index contributed by atoms with van der Waals surface area (Å²) in [7, 11) is 1.16. The fourth-order valence-corrected chi connectivity index (χ4v) is 3.67. The Bertz CT molecular complexity index is 1830. The molecule has 0 aliphatic heterocycles. The molecule has 3 N–H and O–H groups in total. The van der Waals surface area contributed by atoms with Crippen LogP contribution in [0, 0.1) is 10.1 Å². The van der Waals surface area contributed by atoms with Crippen molar-refractivity contribution in [2.24, 2.45) is 0 Å². The summed E-state index contributed by atoms with van der Waals surface area (Å²) in [5.41, 5.74) is 0.593. The van der Waals surface area contributed by atoms with Crippen molar-refractivity contribution in [1.29, 1.82) is 0 Å². The first-order chi connectivity index (χ1) is 24.9. The highest BCUT2D eigenvalue weighted by molar-refractivity contribution is 5.91. The lowest BCUT2D eigenvalue weighted by Gasteiger charge is -2.07. The molecule has 0 saturated carbocycles. The number of carbonyl (C=O) groups excluding carboxylic acids is 5. The van der Waals surface area contributed by atoms with E-state index in [2.05, 4.69) is 13.9 Å². The SMILES string of the molecule is CCc1cccc(COC(=O)c2ccc(C(=O)OCCOC(=O)c3ccc(C(=O)OC)o3)o2)c1[N+](=O)[O-].O=COc1ccc(C(=O)O)o1.OCCO. The molecule has 0 spiro atoms. The highest BCUT2D eigenvalue weighted by atomic mass is 16.6. The highest BCUT2D eigenvalue weighted by Gasteiger charge is 2.23. The van der Waals surface area contributed by atoms with E-state index in [1.807, 2.05) is 0 Å². The van der Waals surface area contributed by atoms with E-state index in [0.717, 1.165) is 7.11 Å². The predicted molar refractivity (Wildman–Crippen MR) is 167 cm³/mol. The van der Waals surface area contributed by atoms with Gasteiger partial charge in [0, 0.05) is 11.6 Å². The van der Waals surface area contributed by atoms with Crippen LogP contribution in [-0.4, -0.2) is 90.1 Å². The average molecular weight is 734 g/mol. The maximum absolute atomic E-state index is 12.3. The minimum absolute atomic E-state index is 0.125. The third-order valence-corrected chi connectivity index (χ3v) is 5.93. The smallest absolute Gasteiger partial charge is 0.374 e. The Morgan fingerprint density at radius 3 is 1.63 bits per heavy atom. The second-order valence-electron chi connectivity index (χ2n) is 9.29. The van der Waals surface area contributed by atoms with Crippen LogP contribution in [0.25, 0.3) is 0 Å². The Labute approximate surface area is 292 Å². The molecule has 0 saturated heterocycles. The fourth-order valence-electron chi connectivity index (χ4n) is 3.67. The Balaban J connectivity index is 0.000000518. The van der Waals surface area contributed by atoms with Crippen LogP contribution in [0.3, 0.4) is 0 Å². The molecule has 1 aromatic carbocycles. The lowest BCUT2D eigenvalue weighted by atomic mass is 10.1. The van der Waals surface area contributed by atoms with E-state index >= 15 is 0 Å². The summed E-state index contributed by atoms with van der Waals surface area (Å²) in [6.45, 7) is 0.639. The lowest BCUT2D eigenvalue weighted by Crippen LogP contribution is -2.13. The van der Waals surface area contributed by atoms with E-state index < -0.39 is 34.8 Å². The zero-order valence-electron chi connectivity index (χ0n) is 27.3. The van der Waals surface area contributed by atoms with Crippen molar-refractivity contribution in [2.45, 2.75) is 20.0 Å². The van der Waals surface area contributed by atoms with Gasteiger partial charge >= 0.3 is 36.3 Å². The van der Waals surface area contributed by atoms with Gasteiger partial charge in [-0.2, -0.15) is 0 Å². The van der Waals surface area contributed by atoms with Gasteiger partial charge in [0.1, 0.15) is 19.8 Å². The summed E-state index contributed by atoms with van der Waals surface area (Å²) < 4.78 is 38.3. The number of carbonyl (C=O) groups is 6. The van der Waals surface area contributed by atoms with E-state index in [4.69, 9.17) is 38.4 Å². The van der Waals surface area contributed by atoms with Crippen molar-refractivity contribution in [2.75, 3.05) is 33.5 Å². The second-order valence-corrected chi connectivity index (χ2v) is 9.29. The van der Waals surface area contributed by atoms with E-state index in [9.17, 15) is 38.9 Å². The minimum Gasteiger partial charge on any atom is -0.475 e. The van der Waals surface area contributed by atoms with Crippen LogP contribution >= 0.6 is 0 Å². The molecule has 278 valence electrons. The number of ether oxygens (including phenoxy) is 5. The summed E-state index contributed by atoms with van der Waals surface area (Å²) in [6.07, 6.45) is 0.431. The quantitative estimate of drug-likeness (QED) is 0.0395. The van der Waals surface area contributed by atoms with Crippen LogP contribution < -0.4 is 4.74 Å². The predicted octanol–water partition coefficient (Wildman–Crippen LogP) is 2.98. The first kappa shape index (κ1) is 41.4. The Hall–Kier alpha value is -6.80. The summed E-state index contributed by atoms with van der Waals surface area (Å²) >= 11 is 0. The molecule has 0 aliphatic carbocycles. The molecule has 0 aliphatic rings. The number of aliphatic hydroxyl groups excluding tert-OH is 2. The topological polar surface area (TPSA) is 292 Å². The summed E-state index contributed by atoms with van der Waals surface area (Å²) in [5, 5.41) is 35.0. The van der Waals surface area contributed by atoms with Crippen LogP contribution in [0.4, 0.5) is 5.69 Å². The maximum atomic E-state index is 12.3. The summed E-state index contributed by atoms with van der Waals surface area (Å²) in [5.74, 6) is -6.17. The Kier molecular flexibility index (Phi) is 17.0. The van der Waals surface area contributed by atoms with E-state index in [-0.39, 0.29) is 85.5 Å². The number of para-hydroxylation sites is 1. The molecular formula is C32H31NO19. The number of nitro groups is 1. The molecule has 0 bridgehead atoms. The van der Waals surface area contributed by atoms with Crippen molar-refractivity contribution in [3.05, 3.63) is 105 Å². The van der Waals surface area contributed by atoms with Gasteiger partial charge in [-0.05, 0) is 42.8 Å². The van der Waals surface area contributed by atoms with Crippen molar-refractivity contribution >= 4 is 42.0 Å². The van der Waals surface area contributed by atoms with E-state index in [1.54, 1.807) is 19.1 Å². The van der Waals surface area contributed by atoms with Gasteiger partial charge in [-0.3, -0.25) is 14.9 Å². The number of rotatable bonds is 15. The van der Waals surface area contributed by atoms with Gasteiger partial charge in [0.15, 0.2) is 0 Å². The monoisotopic (exact) mass is 733 g/mol. The molecule has 20 heteroatoms. The Morgan fingerprint density at radius 2 is 1.21 bits per heavy atom. The van der Waals surface area contributed by atoms with Crippen molar-refractivity contribution in [1.82, 2.24) is 0 Å². The summed E-state index contributed by atoms with van der Waals surface area (Å²) in [6, 6.07) is 12.0. The first-order valence-corrected chi connectivity index (χ1v) is 14.6. The average Bonchev–Trinajstić information content (AvgIpc) is 3.94. The van der Waals surface area contributed by atoms with Gasteiger partial charge in [0.25, 0.3) is 11.6 Å². The zero-order valence-corrected chi connectivity index (χ0v) is 27.3. The first-order valence-electron chi connectivity index (χ1n) is 14.6. The van der Waals surface area contributed by atoms with Crippen molar-refractivity contribution in [3.8, 4) is 5.95 Å². The number of aliphatic hydroxyl groups is 2. The zero-order chi connectivity index (χ0) is 38.6. The molecule has 0 atom stereocenters. The molecule has 0 fully saturated rings. The van der Waals surface area contributed by atoms with Crippen LogP contribution in [0.5, 0.6) is 5.95 Å². The number of aryl methyl sites for hydroxylation is 1. The Morgan fingerprint density at radius 1 is 0.731 bits per heavy atom. The van der Waals surface area contributed by atoms with Crippen molar-refractivity contribution < 1.29 is 85.9 Å². The molecule has 3 heterocycles. The van der Waals surface area contributed by atoms with E-state index in [0.29, 0.717) is 12.0 Å². The van der Waals surface area contributed by atoms with Gasteiger partial charge in [-0.15, -0.1) is 0 Å². The van der Waals surface area contributed by atoms with Crippen LogP contribution in [-0.2, 0) is 36.8 Å². The molecule has 4 rings (SSSR count). The number of furan rings is 3. The van der Waals surface area contributed by atoms with Gasteiger partial charge < -0.3 is 52.3 Å². The number of methoxy groups -OCH3 is 1. The number of esters is 4. The lowest BCUT2D eigenvalue weighted by molar-refractivity contribution is -0.386. The fraction of sp³-hybridized carbons (Fsp3) is 0.250. The number of benzene rings is 1. The molecule has 52 heavy (non-hydrogen) atoms. The molecular weight excluding hydrogens is 702 g/mol. The molecule has 0 unspecified atom stereocenters. The largest absolute Gasteiger partial charge is 0.475 e. The third kappa shape index (κ3) is 12.6. The molecule has 4 aromatic rings. The number of hydrogen-bond acceptors (Lipinski definition) is 18. The maximum Gasteiger partial charge on any atom is 0.374 e. The number of aromatic carboxylic acids is 1. The molecule has 0 radical (unpaired) electrons. The van der Waals surface area contributed by atoms with Crippen LogP contribution in [0.1, 0.15) is 70.8 Å². The molecule has 3 aromatic heterocycles. The van der Waals surface area contributed by atoms with E-state index in [1.165, 1.54) is 42.5 Å². The third-order valence-electron chi connectivity index (χ3n) is 5.93. The minimum atomic E-state index is -1.20. The number of nitrogens with zero attached hydrogens (tertiary/aromatic N) is 1. The van der Waals surface area contributed by atoms with Gasteiger partial charge in [-0.25, -0.2) is 24.0 Å². The molecule has 0 amide bonds. The van der Waals surface area contributed by atoms with Gasteiger partial charge in [-0.1, -0.05) is 19.1 Å². The van der Waals surface area contributed by atoms with Gasteiger partial charge in [0.05, 0.1) is 30.8 Å². The number of carboxylic acid groups (broad SMARTS) is 1. The second kappa shape index (κ2) is 21.3. The van der Waals surface area contributed by atoms with Crippen LogP contribution in [0.15, 0.2) is 67.8 Å². The van der Waals surface area contributed by atoms with Crippen molar-refractivity contribution in [3.63, 3.8) is 0 Å². The standard InChI is InChI=1S/C24H21NO12.C6H4O5.C2H6O2/c1-3-14-5-4-6-15(20(14)25(30)31)13-35-24(29)19-10-9-18(37-19)23(28)34-12-11-33-22(27)17-8-7-16(36-17)21(26)32-2;7-3-10-5-2-1-4(11-5)6(8)9;3-1-2-4/h4-10H,3,11-13H2,1-2H3;1-3H,(H,8,9);3-4H,1-2H2. The highest BCUT2D eigenvalue weighted by Crippen LogP contribution is 2.25. The normalized spacial score (nSPS) is 9.92.